The van der Waals surface area contributed by atoms with Crippen LogP contribution in [-0.4, -0.2) is 28.8 Å². The van der Waals surface area contributed by atoms with Gasteiger partial charge in [-0.1, -0.05) is 12.1 Å². The van der Waals surface area contributed by atoms with Gasteiger partial charge in [-0.3, -0.25) is 4.98 Å². The molecule has 0 fully saturated rings. The fourth-order valence-electron chi connectivity index (χ4n) is 2.91. The maximum Gasteiger partial charge on any atom is 0.145 e. The molecule has 0 atom stereocenters. The summed E-state index contributed by atoms with van der Waals surface area (Å²) < 4.78 is 12.8. The number of methoxy groups -OCH3 is 2. The number of hydrogen-bond acceptors (Lipinski definition) is 5. The maximum atomic E-state index is 5.45. The minimum Gasteiger partial charge on any atom is -0.497 e. The first-order valence-electron chi connectivity index (χ1n) is 8.14. The molecule has 0 aliphatic rings. The van der Waals surface area contributed by atoms with Gasteiger partial charge in [-0.15, -0.1) is 0 Å². The highest BCUT2D eigenvalue weighted by Gasteiger charge is 2.09. The molecule has 6 nitrogen and oxygen atoms in total. The summed E-state index contributed by atoms with van der Waals surface area (Å²) in [5.41, 5.74) is 3.63. The van der Waals surface area contributed by atoms with Crippen LogP contribution in [0, 0.1) is 0 Å². The third-order valence-electron chi connectivity index (χ3n) is 4.16. The van der Waals surface area contributed by atoms with E-state index in [1.165, 1.54) is 0 Å². The van der Waals surface area contributed by atoms with Gasteiger partial charge in [-0.05, 0) is 18.2 Å². The minimum absolute atomic E-state index is 0.746. The van der Waals surface area contributed by atoms with E-state index in [4.69, 9.17) is 9.47 Å². The normalized spacial score (nSPS) is 10.7. The number of fused-ring (bicyclic) bond motifs is 1. The highest BCUT2D eigenvalue weighted by Crippen LogP contribution is 2.32. The number of ether oxygens (including phenoxy) is 2. The third-order valence-corrected chi connectivity index (χ3v) is 4.16. The summed E-state index contributed by atoms with van der Waals surface area (Å²) in [4.78, 5) is 8.55. The standard InChI is InChI=1S/C20H18N4O2/c1-25-16-11-14(10-15(12-16)24-9-8-21-13-24)23-18-6-7-22-20-17(18)4-3-5-19(20)26-2/h3-13H,1-2H3,(H,22,23). The molecule has 0 aliphatic heterocycles. The Bertz CT molecular complexity index is 1050. The molecular formula is C20H18N4O2. The fraction of sp³-hybridized carbons (Fsp3) is 0.100. The predicted octanol–water partition coefficient (Wildman–Crippen LogP) is 4.18. The van der Waals surface area contributed by atoms with Gasteiger partial charge in [0.2, 0.25) is 0 Å². The van der Waals surface area contributed by atoms with E-state index in [1.54, 1.807) is 32.9 Å². The number of anilines is 2. The van der Waals surface area contributed by atoms with Crippen molar-refractivity contribution in [2.24, 2.45) is 0 Å². The third kappa shape index (κ3) is 2.93. The van der Waals surface area contributed by atoms with E-state index in [0.717, 1.165) is 39.5 Å². The molecule has 0 bridgehead atoms. The molecule has 4 aromatic rings. The number of nitrogens with one attached hydrogen (secondary N) is 1. The van der Waals surface area contributed by atoms with Gasteiger partial charge in [0.15, 0.2) is 0 Å². The van der Waals surface area contributed by atoms with Gasteiger partial charge in [-0.2, -0.15) is 0 Å². The number of benzene rings is 2. The van der Waals surface area contributed by atoms with Crippen molar-refractivity contribution in [3.05, 3.63) is 67.4 Å². The monoisotopic (exact) mass is 346 g/mol. The quantitative estimate of drug-likeness (QED) is 0.587. The smallest absolute Gasteiger partial charge is 0.145 e. The van der Waals surface area contributed by atoms with E-state index in [9.17, 15) is 0 Å². The first-order valence-corrected chi connectivity index (χ1v) is 8.14. The lowest BCUT2D eigenvalue weighted by atomic mass is 10.1. The SMILES string of the molecule is COc1cc(Nc2ccnc3c(OC)cccc23)cc(-n2ccnc2)c1. The number of pyridine rings is 1. The van der Waals surface area contributed by atoms with E-state index in [0.29, 0.717) is 0 Å². The van der Waals surface area contributed by atoms with Crippen LogP contribution in [0.2, 0.25) is 0 Å². The van der Waals surface area contributed by atoms with Gasteiger partial charge in [0.05, 0.1) is 26.2 Å². The van der Waals surface area contributed by atoms with Crippen molar-refractivity contribution in [1.82, 2.24) is 14.5 Å². The van der Waals surface area contributed by atoms with Gasteiger partial charge in [0.25, 0.3) is 0 Å². The summed E-state index contributed by atoms with van der Waals surface area (Å²) in [7, 11) is 3.31. The summed E-state index contributed by atoms with van der Waals surface area (Å²) in [6.45, 7) is 0. The first-order chi connectivity index (χ1) is 12.8. The number of aromatic nitrogens is 3. The van der Waals surface area contributed by atoms with Gasteiger partial charge in [0.1, 0.15) is 17.0 Å². The highest BCUT2D eigenvalue weighted by molar-refractivity contribution is 5.96. The Morgan fingerprint density at radius 3 is 2.69 bits per heavy atom. The van der Waals surface area contributed by atoms with Gasteiger partial charge >= 0.3 is 0 Å². The molecule has 0 aliphatic carbocycles. The second-order valence-corrected chi connectivity index (χ2v) is 5.73. The van der Waals surface area contributed by atoms with Crippen molar-refractivity contribution in [2.75, 3.05) is 19.5 Å². The van der Waals surface area contributed by atoms with Crippen LogP contribution in [0.4, 0.5) is 11.4 Å². The molecule has 1 N–H and O–H groups in total. The molecule has 0 spiro atoms. The van der Waals surface area contributed by atoms with Gasteiger partial charge in [-0.25, -0.2) is 4.98 Å². The number of nitrogens with zero attached hydrogens (tertiary/aromatic N) is 3. The number of rotatable bonds is 5. The summed E-state index contributed by atoms with van der Waals surface area (Å²) in [6.07, 6.45) is 7.16. The summed E-state index contributed by atoms with van der Waals surface area (Å²) in [5.74, 6) is 1.51. The van der Waals surface area contributed by atoms with E-state index >= 15 is 0 Å². The second kappa shape index (κ2) is 6.76. The number of imidazole rings is 1. The Labute approximate surface area is 151 Å². The Morgan fingerprint density at radius 2 is 1.92 bits per heavy atom. The van der Waals surface area contributed by atoms with Crippen molar-refractivity contribution >= 4 is 22.3 Å². The first kappa shape index (κ1) is 16.0. The van der Waals surface area contributed by atoms with Crippen LogP contribution in [-0.2, 0) is 0 Å². The molecule has 0 saturated carbocycles. The highest BCUT2D eigenvalue weighted by atomic mass is 16.5. The fourth-order valence-corrected chi connectivity index (χ4v) is 2.91. The van der Waals surface area contributed by atoms with Crippen molar-refractivity contribution in [1.29, 1.82) is 0 Å². The molecule has 2 aromatic heterocycles. The summed E-state index contributed by atoms with van der Waals surface area (Å²) >= 11 is 0. The van der Waals surface area contributed by atoms with Gasteiger partial charge in [0, 0.05) is 47.5 Å². The maximum absolute atomic E-state index is 5.45. The molecule has 2 aromatic carbocycles. The van der Waals surface area contributed by atoms with Crippen molar-refractivity contribution in [3.63, 3.8) is 0 Å². The molecule has 26 heavy (non-hydrogen) atoms. The molecule has 0 saturated heterocycles. The van der Waals surface area contributed by atoms with Crippen LogP contribution in [0.3, 0.4) is 0 Å². The molecular weight excluding hydrogens is 328 g/mol. The number of hydrogen-bond donors (Lipinski definition) is 1. The average Bonchev–Trinajstić information content (AvgIpc) is 3.22. The zero-order valence-corrected chi connectivity index (χ0v) is 14.5. The summed E-state index contributed by atoms with van der Waals surface area (Å²) in [5, 5.41) is 4.45. The zero-order valence-electron chi connectivity index (χ0n) is 14.5. The lowest BCUT2D eigenvalue weighted by molar-refractivity contribution is 0.415. The van der Waals surface area contributed by atoms with Crippen LogP contribution in [0.25, 0.3) is 16.6 Å². The minimum atomic E-state index is 0.746. The molecule has 6 heteroatoms. The van der Waals surface area contributed by atoms with Crippen LogP contribution in [0.5, 0.6) is 11.5 Å². The van der Waals surface area contributed by atoms with Crippen molar-refractivity contribution in [3.8, 4) is 17.2 Å². The Hall–Kier alpha value is -3.54. The van der Waals surface area contributed by atoms with Crippen LogP contribution in [0.1, 0.15) is 0 Å². The van der Waals surface area contributed by atoms with E-state index in [-0.39, 0.29) is 0 Å². The average molecular weight is 346 g/mol. The molecule has 0 amide bonds. The topological polar surface area (TPSA) is 61.2 Å². The molecule has 130 valence electrons. The van der Waals surface area contributed by atoms with E-state index in [1.807, 2.05) is 53.2 Å². The number of para-hydroxylation sites is 1. The lowest BCUT2D eigenvalue weighted by Gasteiger charge is -2.14. The molecule has 2 heterocycles. The van der Waals surface area contributed by atoms with Crippen LogP contribution >= 0.6 is 0 Å². The van der Waals surface area contributed by atoms with Gasteiger partial charge < -0.3 is 19.4 Å². The molecule has 4 rings (SSSR count). The Kier molecular flexibility index (Phi) is 4.15. The molecule has 0 unspecified atom stereocenters. The molecule has 0 radical (unpaired) electrons. The van der Waals surface area contributed by atoms with E-state index < -0.39 is 0 Å². The second-order valence-electron chi connectivity index (χ2n) is 5.73. The van der Waals surface area contributed by atoms with Crippen LogP contribution in [0.15, 0.2) is 67.4 Å². The van der Waals surface area contributed by atoms with Crippen molar-refractivity contribution < 1.29 is 9.47 Å². The Balaban J connectivity index is 1.78. The largest absolute Gasteiger partial charge is 0.497 e. The Morgan fingerprint density at radius 1 is 1.00 bits per heavy atom. The zero-order chi connectivity index (χ0) is 17.9. The van der Waals surface area contributed by atoms with E-state index in [2.05, 4.69) is 15.3 Å². The summed E-state index contributed by atoms with van der Waals surface area (Å²) in [6, 6.07) is 13.8. The predicted molar refractivity (Wildman–Crippen MR) is 102 cm³/mol. The lowest BCUT2D eigenvalue weighted by Crippen LogP contribution is -1.98. The van der Waals surface area contributed by atoms with Crippen LogP contribution < -0.4 is 14.8 Å². The van der Waals surface area contributed by atoms with Crippen molar-refractivity contribution in [2.45, 2.75) is 0 Å².